The summed E-state index contributed by atoms with van der Waals surface area (Å²) in [5.74, 6) is 1.29. The second-order valence-corrected chi connectivity index (χ2v) is 9.02. The fourth-order valence-electron chi connectivity index (χ4n) is 4.41. The van der Waals surface area contributed by atoms with Crippen LogP contribution >= 0.6 is 13.5 Å². The number of aliphatic hydroxyl groups is 1. The van der Waals surface area contributed by atoms with Crippen molar-refractivity contribution in [2.75, 3.05) is 37.3 Å². The van der Waals surface area contributed by atoms with E-state index in [9.17, 15) is 14.7 Å². The first-order valence-electron chi connectivity index (χ1n) is 12.2. The topological polar surface area (TPSA) is 142 Å². The molecule has 1 aliphatic heterocycles. The number of ether oxygens (including phenoxy) is 1. The smallest absolute Gasteiger partial charge is 0.255 e. The van der Waals surface area contributed by atoms with Crippen LogP contribution < -0.4 is 20.7 Å². The molecule has 4 aromatic rings. The first kappa shape index (κ1) is 27.9. The van der Waals surface area contributed by atoms with Crippen molar-refractivity contribution in [3.63, 3.8) is 0 Å². The molecule has 2 amide bonds. The van der Waals surface area contributed by atoms with E-state index in [1.807, 2.05) is 17.0 Å². The van der Waals surface area contributed by atoms with Crippen LogP contribution in [0, 0.1) is 6.92 Å². The van der Waals surface area contributed by atoms with Crippen molar-refractivity contribution >= 4 is 53.6 Å². The van der Waals surface area contributed by atoms with Crippen LogP contribution in [0.25, 0.3) is 11.0 Å². The largest absolute Gasteiger partial charge is 0.460 e. The van der Waals surface area contributed by atoms with Gasteiger partial charge in [-0.05, 0) is 43.7 Å². The van der Waals surface area contributed by atoms with Gasteiger partial charge in [0, 0.05) is 55.2 Å². The van der Waals surface area contributed by atoms with Crippen LogP contribution in [0.15, 0.2) is 59.1 Å². The third kappa shape index (κ3) is 6.66. The molecule has 2 aromatic heterocycles. The Morgan fingerprint density at radius 3 is 2.77 bits per heavy atom. The van der Waals surface area contributed by atoms with E-state index in [4.69, 9.17) is 9.15 Å². The van der Waals surface area contributed by atoms with E-state index >= 15 is 0 Å². The molecule has 1 atom stereocenters. The molecule has 11 nitrogen and oxygen atoms in total. The number of hydrogen-bond donors (Lipinski definition) is 4. The van der Waals surface area contributed by atoms with Crippen molar-refractivity contribution in [2.45, 2.75) is 19.4 Å². The van der Waals surface area contributed by atoms with E-state index < -0.39 is 0 Å². The van der Waals surface area contributed by atoms with Crippen LogP contribution in [0.1, 0.15) is 22.5 Å². The van der Waals surface area contributed by atoms with Crippen LogP contribution in [0.4, 0.5) is 17.3 Å². The number of aryl methyl sites for hydroxylation is 1. The molecule has 0 unspecified atom stereocenters. The molecule has 39 heavy (non-hydrogen) atoms. The van der Waals surface area contributed by atoms with Gasteiger partial charge in [-0.15, -0.1) is 0 Å². The van der Waals surface area contributed by atoms with Crippen LogP contribution in [-0.2, 0) is 4.79 Å². The molecule has 0 saturated carbocycles. The van der Waals surface area contributed by atoms with Crippen LogP contribution in [0.5, 0.6) is 11.6 Å². The summed E-state index contributed by atoms with van der Waals surface area (Å²) in [6.45, 7) is 3.19. The fraction of sp³-hybridized carbons (Fsp3) is 0.259. The minimum absolute atomic E-state index is 0. The number of nitrogens with zero attached hydrogens (tertiary/aromatic N) is 3. The number of hydrogen-bond acceptors (Lipinski definition) is 9. The van der Waals surface area contributed by atoms with E-state index in [1.165, 1.54) is 0 Å². The molecule has 0 aliphatic carbocycles. The third-order valence-corrected chi connectivity index (χ3v) is 6.16. The second kappa shape index (κ2) is 12.2. The Bertz CT molecular complexity index is 1490. The highest BCUT2D eigenvalue weighted by Crippen LogP contribution is 2.31. The highest BCUT2D eigenvalue weighted by atomic mass is 32.1. The van der Waals surface area contributed by atoms with Gasteiger partial charge in [-0.25, -0.2) is 4.98 Å². The predicted octanol–water partition coefficient (Wildman–Crippen LogP) is 3.54. The Morgan fingerprint density at radius 1 is 1.18 bits per heavy atom. The molecular formula is C27H30N6O5S. The zero-order valence-corrected chi connectivity index (χ0v) is 22.5. The van der Waals surface area contributed by atoms with Gasteiger partial charge < -0.3 is 30.2 Å². The first-order chi connectivity index (χ1) is 18.4. The molecule has 4 N–H and O–H groups in total. The highest BCUT2D eigenvalue weighted by Gasteiger charge is 2.22. The number of nitrogens with one attached hydrogen (secondary N) is 3. The Hall–Kier alpha value is -4.13. The van der Waals surface area contributed by atoms with E-state index in [1.54, 1.807) is 56.6 Å². The minimum Gasteiger partial charge on any atom is -0.460 e. The van der Waals surface area contributed by atoms with E-state index in [0.717, 1.165) is 0 Å². The van der Waals surface area contributed by atoms with Gasteiger partial charge in [-0.3, -0.25) is 14.5 Å². The molecule has 0 radical (unpaired) electrons. The third-order valence-electron chi connectivity index (χ3n) is 6.16. The molecule has 1 aliphatic rings. The van der Waals surface area contributed by atoms with Crippen molar-refractivity contribution in [3.05, 3.63) is 66.1 Å². The summed E-state index contributed by atoms with van der Waals surface area (Å²) in [6.07, 6.45) is 1.89. The van der Waals surface area contributed by atoms with E-state index in [2.05, 4.69) is 25.9 Å². The standard InChI is InChI=1S/C27H28N6O5.H2S/c1-16-25(26(36)28-2)21-7-6-20(13-22(21)37-16)38-24-8-10-29-27(32-24)31-18-5-3-4-17(12-18)30-23(35)15-33-11-9-19(34)14-33;/h3-8,10,12-13,19,34H,9,11,14-15H2,1-2H3,(H,28,36)(H,30,35)(H,29,31,32);1H2/t19-;/m0./s1. The van der Waals surface area contributed by atoms with Crippen molar-refractivity contribution in [1.29, 1.82) is 0 Å². The number of anilines is 3. The monoisotopic (exact) mass is 550 g/mol. The number of benzene rings is 2. The van der Waals surface area contributed by atoms with Crippen molar-refractivity contribution in [1.82, 2.24) is 20.2 Å². The molecule has 0 bridgehead atoms. The van der Waals surface area contributed by atoms with Crippen molar-refractivity contribution in [3.8, 4) is 11.6 Å². The lowest BCUT2D eigenvalue weighted by Crippen LogP contribution is -2.32. The molecule has 1 fully saturated rings. The van der Waals surface area contributed by atoms with Crippen molar-refractivity contribution < 1.29 is 23.8 Å². The van der Waals surface area contributed by atoms with Gasteiger partial charge in [0.05, 0.1) is 18.2 Å². The molecule has 204 valence electrons. The molecule has 3 heterocycles. The Labute approximate surface area is 232 Å². The number of furan rings is 1. The Kier molecular flexibility index (Phi) is 8.69. The molecule has 0 spiro atoms. The molecule has 5 rings (SSSR count). The quantitative estimate of drug-likeness (QED) is 0.259. The van der Waals surface area contributed by atoms with Gasteiger partial charge in [0.1, 0.15) is 17.1 Å². The van der Waals surface area contributed by atoms with E-state index in [-0.39, 0.29) is 38.0 Å². The van der Waals surface area contributed by atoms with Crippen LogP contribution in [0.3, 0.4) is 0 Å². The summed E-state index contributed by atoms with van der Waals surface area (Å²) in [4.78, 5) is 35.2. The lowest BCUT2D eigenvalue weighted by Gasteiger charge is -2.15. The zero-order valence-electron chi connectivity index (χ0n) is 21.5. The predicted molar refractivity (Wildman–Crippen MR) is 152 cm³/mol. The highest BCUT2D eigenvalue weighted by molar-refractivity contribution is 7.59. The number of aliphatic hydroxyl groups excluding tert-OH is 1. The molecular weight excluding hydrogens is 520 g/mol. The Balaban J connectivity index is 0.00000353. The maximum atomic E-state index is 12.4. The normalized spacial score (nSPS) is 15.0. The number of rotatable bonds is 8. The minimum atomic E-state index is -0.367. The number of likely N-dealkylation sites (tertiary alicyclic amines) is 1. The maximum absolute atomic E-state index is 12.4. The molecule has 2 aromatic carbocycles. The summed E-state index contributed by atoms with van der Waals surface area (Å²) in [6, 6.07) is 14.1. The summed E-state index contributed by atoms with van der Waals surface area (Å²) in [7, 11) is 1.58. The number of β-amino-alcohol motifs (C(OH)–C–C–N with tert-alkyl or cyclic N) is 1. The number of aromatic nitrogens is 2. The van der Waals surface area contributed by atoms with Crippen LogP contribution in [-0.4, -0.2) is 64.6 Å². The summed E-state index contributed by atoms with van der Waals surface area (Å²) in [5, 5.41) is 19.0. The number of amides is 2. The van der Waals surface area contributed by atoms with Gasteiger partial charge in [-0.2, -0.15) is 18.5 Å². The lowest BCUT2D eigenvalue weighted by atomic mass is 10.1. The van der Waals surface area contributed by atoms with Gasteiger partial charge in [0.25, 0.3) is 5.91 Å². The summed E-state index contributed by atoms with van der Waals surface area (Å²) >= 11 is 0. The van der Waals surface area contributed by atoms with Gasteiger partial charge in [0.2, 0.25) is 17.7 Å². The Morgan fingerprint density at radius 2 is 2.00 bits per heavy atom. The van der Waals surface area contributed by atoms with Gasteiger partial charge in [-0.1, -0.05) is 6.07 Å². The molecule has 1 saturated heterocycles. The van der Waals surface area contributed by atoms with Gasteiger partial charge in [0.15, 0.2) is 0 Å². The fourth-order valence-corrected chi connectivity index (χ4v) is 4.41. The first-order valence-corrected chi connectivity index (χ1v) is 12.2. The number of carbonyl (C=O) groups is 2. The summed E-state index contributed by atoms with van der Waals surface area (Å²) < 4.78 is 11.7. The number of carbonyl (C=O) groups excluding carboxylic acids is 2. The number of fused-ring (bicyclic) bond motifs is 1. The SMILES string of the molecule is CNC(=O)c1c(C)oc2cc(Oc3ccnc(Nc4cccc(NC(=O)CN5CC[C@H](O)C5)c4)n3)ccc12.S. The summed E-state index contributed by atoms with van der Waals surface area (Å²) in [5.41, 5.74) is 2.35. The van der Waals surface area contributed by atoms with E-state index in [0.29, 0.717) is 70.8 Å². The average Bonchev–Trinajstić information content (AvgIpc) is 3.44. The lowest BCUT2D eigenvalue weighted by molar-refractivity contribution is -0.117. The van der Waals surface area contributed by atoms with Crippen molar-refractivity contribution in [2.24, 2.45) is 0 Å². The molecule has 12 heteroatoms. The van der Waals surface area contributed by atoms with Crippen LogP contribution in [0.2, 0.25) is 0 Å². The second-order valence-electron chi connectivity index (χ2n) is 9.02. The zero-order chi connectivity index (χ0) is 26.6. The average molecular weight is 551 g/mol. The van der Waals surface area contributed by atoms with Gasteiger partial charge >= 0.3 is 0 Å². The maximum Gasteiger partial charge on any atom is 0.255 e.